The zero-order valence-electron chi connectivity index (χ0n) is 22.9. The largest absolute Gasteiger partial charge is 0.444 e. The molecule has 40 heavy (non-hydrogen) atoms. The maximum absolute atomic E-state index is 13.9. The molecule has 0 bridgehead atoms. The van der Waals surface area contributed by atoms with Crippen molar-refractivity contribution < 1.29 is 19.1 Å². The third-order valence-corrected chi connectivity index (χ3v) is 7.28. The van der Waals surface area contributed by atoms with Crippen molar-refractivity contribution in [1.82, 2.24) is 24.6 Å². The van der Waals surface area contributed by atoms with E-state index in [2.05, 4.69) is 4.98 Å². The summed E-state index contributed by atoms with van der Waals surface area (Å²) in [5, 5.41) is 6.33. The van der Waals surface area contributed by atoms with Crippen molar-refractivity contribution in [3.05, 3.63) is 57.3 Å². The molecule has 5 rings (SSSR count). The van der Waals surface area contributed by atoms with Crippen LogP contribution in [0.3, 0.4) is 0 Å². The smallest absolute Gasteiger partial charge is 0.410 e. The Morgan fingerprint density at radius 2 is 1.73 bits per heavy atom. The number of rotatable bonds is 4. The maximum Gasteiger partial charge on any atom is 0.410 e. The SMILES string of the molecule is CC(C)(C)OC(=O)N1CCN(C(=O)c2cc(Cl)nc3c2c(/C=C/c2ccc(Cl)cc2)nn3C2CCCCO2)CC1. The van der Waals surface area contributed by atoms with Crippen LogP contribution in [0.4, 0.5) is 4.79 Å². The molecule has 1 atom stereocenters. The third kappa shape index (κ3) is 6.43. The second kappa shape index (κ2) is 11.8. The number of piperazine rings is 1. The highest BCUT2D eigenvalue weighted by molar-refractivity contribution is 6.31. The van der Waals surface area contributed by atoms with Crippen LogP contribution in [0, 0.1) is 0 Å². The van der Waals surface area contributed by atoms with E-state index in [4.69, 9.17) is 37.8 Å². The van der Waals surface area contributed by atoms with E-state index in [1.165, 1.54) is 0 Å². The highest BCUT2D eigenvalue weighted by Crippen LogP contribution is 2.32. The van der Waals surface area contributed by atoms with Crippen molar-refractivity contribution in [2.45, 2.75) is 51.9 Å². The number of pyridine rings is 1. The Hall–Kier alpha value is -3.14. The highest BCUT2D eigenvalue weighted by Gasteiger charge is 2.31. The molecule has 0 saturated carbocycles. The number of halogens is 2. The van der Waals surface area contributed by atoms with Gasteiger partial charge in [-0.15, -0.1) is 0 Å². The van der Waals surface area contributed by atoms with E-state index in [-0.39, 0.29) is 23.4 Å². The zero-order chi connectivity index (χ0) is 28.4. The summed E-state index contributed by atoms with van der Waals surface area (Å²) in [4.78, 5) is 34.4. The van der Waals surface area contributed by atoms with Crippen molar-refractivity contribution in [3.63, 3.8) is 0 Å². The molecule has 4 heterocycles. The monoisotopic (exact) mass is 585 g/mol. The van der Waals surface area contributed by atoms with Crippen LogP contribution in [0.2, 0.25) is 10.2 Å². The Morgan fingerprint density at radius 3 is 2.38 bits per heavy atom. The van der Waals surface area contributed by atoms with Crippen LogP contribution in [0.1, 0.15) is 67.9 Å². The minimum Gasteiger partial charge on any atom is -0.444 e. The molecule has 0 radical (unpaired) electrons. The van der Waals surface area contributed by atoms with Crippen LogP contribution in [0.15, 0.2) is 30.3 Å². The van der Waals surface area contributed by atoms with Crippen molar-refractivity contribution >= 4 is 58.4 Å². The van der Waals surface area contributed by atoms with E-state index >= 15 is 0 Å². The first kappa shape index (κ1) is 28.4. The van der Waals surface area contributed by atoms with Gasteiger partial charge in [0.15, 0.2) is 11.9 Å². The van der Waals surface area contributed by atoms with E-state index in [0.717, 1.165) is 24.8 Å². The zero-order valence-corrected chi connectivity index (χ0v) is 24.4. The molecule has 11 heteroatoms. The van der Waals surface area contributed by atoms with Gasteiger partial charge in [0.05, 0.1) is 16.6 Å². The van der Waals surface area contributed by atoms with Gasteiger partial charge < -0.3 is 19.3 Å². The number of benzene rings is 1. The average Bonchev–Trinajstić information content (AvgIpc) is 3.29. The molecule has 2 aliphatic heterocycles. The summed E-state index contributed by atoms with van der Waals surface area (Å²) in [6.07, 6.45) is 5.92. The van der Waals surface area contributed by atoms with Gasteiger partial charge in [-0.2, -0.15) is 5.10 Å². The molecule has 212 valence electrons. The van der Waals surface area contributed by atoms with Gasteiger partial charge in [0, 0.05) is 37.8 Å². The first-order chi connectivity index (χ1) is 19.1. The molecule has 1 aromatic carbocycles. The molecule has 9 nitrogen and oxygen atoms in total. The lowest BCUT2D eigenvalue weighted by atomic mass is 10.1. The maximum atomic E-state index is 13.9. The quantitative estimate of drug-likeness (QED) is 0.334. The second-order valence-electron chi connectivity index (χ2n) is 11.0. The van der Waals surface area contributed by atoms with Gasteiger partial charge in [-0.25, -0.2) is 14.5 Å². The Bertz CT molecular complexity index is 1420. The standard InChI is InChI=1S/C29H33Cl2N5O4/c1-29(2,3)40-28(38)35-15-13-34(14-16-35)27(37)21-18-23(31)32-26-25(21)22(12-9-19-7-10-20(30)11-8-19)33-36(26)24-6-4-5-17-39-24/h7-12,18,24H,4-6,13-17H2,1-3H3/b12-9+. The van der Waals surface area contributed by atoms with Crippen LogP contribution < -0.4 is 0 Å². The molecule has 1 unspecified atom stereocenters. The lowest BCUT2D eigenvalue weighted by molar-refractivity contribution is -0.0370. The molecule has 2 aromatic heterocycles. The number of nitrogens with zero attached hydrogens (tertiary/aromatic N) is 5. The van der Waals surface area contributed by atoms with Gasteiger partial charge in [-0.3, -0.25) is 4.79 Å². The van der Waals surface area contributed by atoms with Crippen LogP contribution in [0.5, 0.6) is 0 Å². The van der Waals surface area contributed by atoms with Crippen molar-refractivity contribution in [3.8, 4) is 0 Å². The molecule has 2 aliphatic rings. The molecule has 0 spiro atoms. The Labute approximate surface area is 243 Å². The predicted octanol–water partition coefficient (Wildman–Crippen LogP) is 6.30. The minimum atomic E-state index is -0.582. The minimum absolute atomic E-state index is 0.191. The molecule has 2 amide bonds. The number of carbonyl (C=O) groups excluding carboxylic acids is 2. The summed E-state index contributed by atoms with van der Waals surface area (Å²) in [7, 11) is 0. The molecular formula is C29H33Cl2N5O4. The van der Waals surface area contributed by atoms with Gasteiger partial charge >= 0.3 is 6.09 Å². The van der Waals surface area contributed by atoms with E-state index in [1.54, 1.807) is 20.5 Å². The molecular weight excluding hydrogens is 553 g/mol. The van der Waals surface area contributed by atoms with Gasteiger partial charge in [-0.1, -0.05) is 41.4 Å². The Morgan fingerprint density at radius 1 is 1.02 bits per heavy atom. The molecule has 2 saturated heterocycles. The number of hydrogen-bond donors (Lipinski definition) is 0. The van der Waals surface area contributed by atoms with Gasteiger partial charge in [0.25, 0.3) is 5.91 Å². The molecule has 3 aromatic rings. The van der Waals surface area contributed by atoms with E-state index in [1.807, 2.05) is 57.2 Å². The van der Waals surface area contributed by atoms with Crippen LogP contribution in [-0.4, -0.2) is 75.0 Å². The number of fused-ring (bicyclic) bond motifs is 1. The summed E-state index contributed by atoms with van der Waals surface area (Å²) in [5.41, 5.74) is 1.87. The normalized spacial score (nSPS) is 18.5. The first-order valence-corrected chi connectivity index (χ1v) is 14.3. The number of aromatic nitrogens is 3. The second-order valence-corrected chi connectivity index (χ2v) is 11.8. The van der Waals surface area contributed by atoms with Crippen molar-refractivity contribution in [2.75, 3.05) is 32.8 Å². The third-order valence-electron chi connectivity index (χ3n) is 6.84. The van der Waals surface area contributed by atoms with E-state index in [9.17, 15) is 9.59 Å². The summed E-state index contributed by atoms with van der Waals surface area (Å²) in [5.74, 6) is -0.191. The lowest BCUT2D eigenvalue weighted by Gasteiger charge is -2.35. The van der Waals surface area contributed by atoms with Crippen molar-refractivity contribution in [2.24, 2.45) is 0 Å². The van der Waals surface area contributed by atoms with Gasteiger partial charge in [0.1, 0.15) is 10.8 Å². The van der Waals surface area contributed by atoms with Crippen LogP contribution >= 0.6 is 23.2 Å². The Balaban J connectivity index is 1.48. The molecule has 0 aliphatic carbocycles. The lowest BCUT2D eigenvalue weighted by Crippen LogP contribution is -2.51. The van der Waals surface area contributed by atoms with Gasteiger partial charge in [0.2, 0.25) is 0 Å². The number of hydrogen-bond acceptors (Lipinski definition) is 6. The molecule has 0 N–H and O–H groups in total. The summed E-state index contributed by atoms with van der Waals surface area (Å²) < 4.78 is 13.3. The van der Waals surface area contributed by atoms with Crippen molar-refractivity contribution in [1.29, 1.82) is 0 Å². The fourth-order valence-corrected chi connectivity index (χ4v) is 5.19. The van der Waals surface area contributed by atoms with Gasteiger partial charge in [-0.05, 0) is 69.9 Å². The number of ether oxygens (including phenoxy) is 2. The predicted molar refractivity (Wildman–Crippen MR) is 155 cm³/mol. The number of carbonyl (C=O) groups is 2. The summed E-state index contributed by atoms with van der Waals surface area (Å²) in [6.45, 7) is 7.63. The fourth-order valence-electron chi connectivity index (χ4n) is 4.87. The first-order valence-electron chi connectivity index (χ1n) is 13.5. The average molecular weight is 587 g/mol. The number of amides is 2. The topological polar surface area (TPSA) is 89.8 Å². The Kier molecular flexibility index (Phi) is 8.35. The van der Waals surface area contributed by atoms with E-state index < -0.39 is 5.60 Å². The fraction of sp³-hybridized carbons (Fsp3) is 0.448. The summed E-state index contributed by atoms with van der Waals surface area (Å²) in [6, 6.07) is 9.06. The highest BCUT2D eigenvalue weighted by atomic mass is 35.5. The van der Waals surface area contributed by atoms with Crippen LogP contribution in [-0.2, 0) is 9.47 Å². The van der Waals surface area contributed by atoms with E-state index in [0.29, 0.717) is 60.1 Å². The summed E-state index contributed by atoms with van der Waals surface area (Å²) >= 11 is 12.5. The van der Waals surface area contributed by atoms with Crippen LogP contribution in [0.25, 0.3) is 23.2 Å². The molecule has 2 fully saturated rings.